The molecule has 2 N–H and O–H groups in total. The van der Waals surface area contributed by atoms with E-state index in [-0.39, 0.29) is 50.9 Å². The average molecular weight is 473 g/mol. The zero-order valence-corrected chi connectivity index (χ0v) is 22.7. The highest BCUT2D eigenvalue weighted by Gasteiger charge is 2.74. The van der Waals surface area contributed by atoms with E-state index in [0.29, 0.717) is 42.7 Å². The standard InChI is InChI=1S/C30H48O4/c1-18-19(32)8-9-20-27(5)11-12-28(6)22-15-25(2,3)24(34)16-26(22,4)10-13-30(28,17-31)21(27)14-23(33)29(18,20)7/h18,20-23,31,33H,8-17H2,1-7H3/t18-,20-,21-,22+,23+,26-,27-,28-,29+,30-/m0/s1. The summed E-state index contributed by atoms with van der Waals surface area (Å²) in [4.78, 5) is 25.8. The molecule has 0 bridgehead atoms. The van der Waals surface area contributed by atoms with Crippen molar-refractivity contribution >= 4 is 11.6 Å². The van der Waals surface area contributed by atoms with Gasteiger partial charge in [-0.05, 0) is 78.9 Å². The number of Topliss-reactive ketones (excluding diaryl/α,β-unsaturated/α-hetero) is 2. The van der Waals surface area contributed by atoms with Gasteiger partial charge in [-0.1, -0.05) is 48.5 Å². The molecule has 4 heteroatoms. The van der Waals surface area contributed by atoms with E-state index in [2.05, 4.69) is 41.5 Å². The summed E-state index contributed by atoms with van der Waals surface area (Å²) in [6.45, 7) is 15.8. The van der Waals surface area contributed by atoms with Crippen molar-refractivity contribution in [2.45, 2.75) is 112 Å². The predicted molar refractivity (Wildman–Crippen MR) is 133 cm³/mol. The lowest BCUT2D eigenvalue weighted by Crippen LogP contribution is -2.72. The number of aliphatic hydroxyl groups excluding tert-OH is 2. The molecule has 5 rings (SSSR count). The number of hydrogen-bond donors (Lipinski definition) is 2. The Hall–Kier alpha value is -0.740. The number of ketones is 2. The van der Waals surface area contributed by atoms with Crippen LogP contribution in [0.4, 0.5) is 0 Å². The van der Waals surface area contributed by atoms with Crippen LogP contribution < -0.4 is 0 Å². The Bertz CT molecular complexity index is 909. The van der Waals surface area contributed by atoms with Crippen molar-refractivity contribution in [3.63, 3.8) is 0 Å². The smallest absolute Gasteiger partial charge is 0.139 e. The summed E-state index contributed by atoms with van der Waals surface area (Å²) in [6.07, 6.45) is 7.29. The van der Waals surface area contributed by atoms with Gasteiger partial charge in [0.25, 0.3) is 0 Å². The van der Waals surface area contributed by atoms with Crippen molar-refractivity contribution in [3.8, 4) is 0 Å². The third kappa shape index (κ3) is 2.74. The lowest BCUT2D eigenvalue weighted by Gasteiger charge is -2.75. The van der Waals surface area contributed by atoms with E-state index in [1.807, 2.05) is 6.92 Å². The van der Waals surface area contributed by atoms with Gasteiger partial charge in [0.05, 0.1) is 6.10 Å². The molecule has 34 heavy (non-hydrogen) atoms. The van der Waals surface area contributed by atoms with Gasteiger partial charge in [0.15, 0.2) is 0 Å². The van der Waals surface area contributed by atoms with Crippen molar-refractivity contribution in [2.75, 3.05) is 6.61 Å². The van der Waals surface area contributed by atoms with E-state index in [0.717, 1.165) is 38.5 Å². The Morgan fingerprint density at radius 3 is 2.24 bits per heavy atom. The molecule has 0 aromatic heterocycles. The van der Waals surface area contributed by atoms with Crippen LogP contribution in [0.2, 0.25) is 0 Å². The number of rotatable bonds is 1. The normalized spacial score (nSPS) is 56.7. The van der Waals surface area contributed by atoms with Crippen LogP contribution in [-0.2, 0) is 9.59 Å². The highest BCUT2D eigenvalue weighted by molar-refractivity contribution is 5.85. The Labute approximate surface area is 206 Å². The molecule has 0 aliphatic heterocycles. The molecular formula is C30H48O4. The zero-order valence-electron chi connectivity index (χ0n) is 22.7. The van der Waals surface area contributed by atoms with Crippen molar-refractivity contribution in [1.29, 1.82) is 0 Å². The number of aliphatic hydroxyl groups is 2. The summed E-state index contributed by atoms with van der Waals surface area (Å²) in [5.41, 5.74) is -0.974. The largest absolute Gasteiger partial charge is 0.396 e. The van der Waals surface area contributed by atoms with Crippen LogP contribution in [0, 0.1) is 56.2 Å². The van der Waals surface area contributed by atoms with Crippen molar-refractivity contribution < 1.29 is 19.8 Å². The highest BCUT2D eigenvalue weighted by Crippen LogP contribution is 2.78. The summed E-state index contributed by atoms with van der Waals surface area (Å²) in [5.74, 6) is 1.53. The summed E-state index contributed by atoms with van der Waals surface area (Å²) in [6, 6.07) is 0. The Morgan fingerprint density at radius 2 is 1.59 bits per heavy atom. The highest BCUT2D eigenvalue weighted by atomic mass is 16.3. The van der Waals surface area contributed by atoms with Crippen LogP contribution in [0.5, 0.6) is 0 Å². The fourth-order valence-corrected chi connectivity index (χ4v) is 11.1. The third-order valence-corrected chi connectivity index (χ3v) is 13.7. The molecular weight excluding hydrogens is 424 g/mol. The van der Waals surface area contributed by atoms with Crippen LogP contribution in [0.1, 0.15) is 106 Å². The Morgan fingerprint density at radius 1 is 0.912 bits per heavy atom. The molecule has 0 spiro atoms. The second-order valence-electron chi connectivity index (χ2n) is 15.1. The first-order valence-corrected chi connectivity index (χ1v) is 14.0. The minimum atomic E-state index is -0.515. The molecule has 0 heterocycles. The van der Waals surface area contributed by atoms with Crippen LogP contribution in [0.25, 0.3) is 0 Å². The van der Waals surface area contributed by atoms with Gasteiger partial charge in [-0.15, -0.1) is 0 Å². The van der Waals surface area contributed by atoms with E-state index < -0.39 is 6.10 Å². The van der Waals surface area contributed by atoms with Gasteiger partial charge < -0.3 is 10.2 Å². The lowest BCUT2D eigenvalue weighted by molar-refractivity contribution is -0.286. The predicted octanol–water partition coefficient (Wildman–Crippen LogP) is 5.58. The van der Waals surface area contributed by atoms with E-state index in [9.17, 15) is 19.8 Å². The van der Waals surface area contributed by atoms with Gasteiger partial charge in [0, 0.05) is 41.6 Å². The van der Waals surface area contributed by atoms with Crippen LogP contribution in [0.15, 0.2) is 0 Å². The topological polar surface area (TPSA) is 74.6 Å². The van der Waals surface area contributed by atoms with E-state index in [1.54, 1.807) is 0 Å². The maximum Gasteiger partial charge on any atom is 0.139 e. The summed E-state index contributed by atoms with van der Waals surface area (Å²) < 4.78 is 0. The molecule has 0 aromatic rings. The van der Waals surface area contributed by atoms with Gasteiger partial charge in [-0.3, -0.25) is 9.59 Å². The first-order valence-electron chi connectivity index (χ1n) is 14.0. The van der Waals surface area contributed by atoms with Crippen molar-refractivity contribution in [1.82, 2.24) is 0 Å². The average Bonchev–Trinajstić information content (AvgIpc) is 2.76. The van der Waals surface area contributed by atoms with Gasteiger partial charge in [0.1, 0.15) is 11.6 Å². The lowest BCUT2D eigenvalue weighted by atomic mass is 9.29. The Balaban J connectivity index is 1.61. The van der Waals surface area contributed by atoms with Crippen LogP contribution in [0.3, 0.4) is 0 Å². The molecule has 5 aliphatic rings. The number of hydrogen-bond acceptors (Lipinski definition) is 4. The van der Waals surface area contributed by atoms with E-state index in [4.69, 9.17) is 0 Å². The third-order valence-electron chi connectivity index (χ3n) is 13.7. The molecule has 4 nitrogen and oxygen atoms in total. The van der Waals surface area contributed by atoms with Gasteiger partial charge >= 0.3 is 0 Å². The van der Waals surface area contributed by atoms with Crippen LogP contribution >= 0.6 is 0 Å². The molecule has 0 aromatic carbocycles. The number of carbonyl (C=O) groups is 2. The fourth-order valence-electron chi connectivity index (χ4n) is 11.1. The van der Waals surface area contributed by atoms with Crippen molar-refractivity contribution in [3.05, 3.63) is 0 Å². The minimum absolute atomic E-state index is 0.00132. The van der Waals surface area contributed by atoms with Gasteiger partial charge in [0.2, 0.25) is 0 Å². The first kappa shape index (κ1) is 24.9. The maximum atomic E-state index is 13.1. The van der Waals surface area contributed by atoms with Crippen LogP contribution in [-0.4, -0.2) is 34.5 Å². The molecule has 0 radical (unpaired) electrons. The quantitative estimate of drug-likeness (QED) is 0.522. The molecule has 5 aliphatic carbocycles. The van der Waals surface area contributed by atoms with Gasteiger partial charge in [-0.2, -0.15) is 0 Å². The SMILES string of the molecule is C[C@H]1C(=O)CC[C@H]2[C@]3(C)CC[C@@]4(C)[C@@H]5CC(C)(C)C(=O)C[C@]5(C)CC[C@]4(CO)[C@H]3C[C@@H](O)[C@]12C. The minimum Gasteiger partial charge on any atom is -0.396 e. The molecule has 0 amide bonds. The molecule has 10 atom stereocenters. The maximum absolute atomic E-state index is 13.1. The molecule has 0 saturated heterocycles. The zero-order chi connectivity index (χ0) is 25.1. The summed E-state index contributed by atoms with van der Waals surface area (Å²) in [7, 11) is 0. The summed E-state index contributed by atoms with van der Waals surface area (Å²) in [5, 5.41) is 23.0. The second-order valence-corrected chi connectivity index (χ2v) is 15.1. The van der Waals surface area contributed by atoms with E-state index >= 15 is 0 Å². The second kappa shape index (κ2) is 7.18. The first-order chi connectivity index (χ1) is 15.6. The monoisotopic (exact) mass is 472 g/mol. The van der Waals surface area contributed by atoms with Crippen molar-refractivity contribution in [2.24, 2.45) is 56.2 Å². The molecule has 192 valence electrons. The number of fused-ring (bicyclic) bond motifs is 7. The van der Waals surface area contributed by atoms with E-state index in [1.165, 1.54) is 0 Å². The van der Waals surface area contributed by atoms with Gasteiger partial charge in [-0.25, -0.2) is 0 Å². The summed E-state index contributed by atoms with van der Waals surface area (Å²) >= 11 is 0. The molecule has 5 fully saturated rings. The Kier molecular flexibility index (Phi) is 5.27. The fraction of sp³-hybridized carbons (Fsp3) is 0.933. The number of carbonyl (C=O) groups excluding carboxylic acids is 2. The molecule has 5 saturated carbocycles. The molecule has 0 unspecified atom stereocenters.